The first kappa shape index (κ1) is 18.5. The first-order chi connectivity index (χ1) is 13.2. The Labute approximate surface area is 168 Å². The highest BCUT2D eigenvalue weighted by molar-refractivity contribution is 7.80. The summed E-state index contributed by atoms with van der Waals surface area (Å²) < 4.78 is 0. The fourth-order valence-electron chi connectivity index (χ4n) is 4.63. The van der Waals surface area contributed by atoms with Crippen LogP contribution in [0.1, 0.15) is 43.2 Å². The molecule has 0 spiro atoms. The van der Waals surface area contributed by atoms with Crippen molar-refractivity contribution in [3.05, 3.63) is 65.7 Å². The van der Waals surface area contributed by atoms with Crippen molar-refractivity contribution in [2.24, 2.45) is 0 Å². The molecule has 2 aromatic rings. The average molecular weight is 380 g/mol. The Kier molecular flexibility index (Phi) is 5.74. The van der Waals surface area contributed by atoms with E-state index < -0.39 is 0 Å². The lowest BCUT2D eigenvalue weighted by Crippen LogP contribution is -2.56. The van der Waals surface area contributed by atoms with Crippen LogP contribution >= 0.6 is 12.2 Å². The molecule has 3 nitrogen and oxygen atoms in total. The summed E-state index contributed by atoms with van der Waals surface area (Å²) in [7, 11) is 0. The fraction of sp³-hybridized carbons (Fsp3) is 0.435. The van der Waals surface area contributed by atoms with Crippen molar-refractivity contribution >= 4 is 23.0 Å². The maximum Gasteiger partial charge on any atom is 0.170 e. The Bertz CT molecular complexity index is 745. The minimum Gasteiger partial charge on any atom is -0.360 e. The molecule has 0 amide bonds. The number of nitrogens with zero attached hydrogens (tertiary/aromatic N) is 1. The van der Waals surface area contributed by atoms with Gasteiger partial charge in [0, 0.05) is 30.4 Å². The summed E-state index contributed by atoms with van der Waals surface area (Å²) >= 11 is 5.56. The molecule has 2 aliphatic rings. The number of hydrogen-bond donors (Lipinski definition) is 2. The number of para-hydroxylation sites is 1. The highest BCUT2D eigenvalue weighted by atomic mass is 32.1. The van der Waals surface area contributed by atoms with E-state index in [-0.39, 0.29) is 0 Å². The molecule has 2 saturated heterocycles. The molecule has 2 bridgehead atoms. The number of hydrogen-bond acceptors (Lipinski definition) is 2. The summed E-state index contributed by atoms with van der Waals surface area (Å²) in [5.41, 5.74) is 3.82. The normalized spacial score (nSPS) is 25.0. The van der Waals surface area contributed by atoms with Gasteiger partial charge in [-0.25, -0.2) is 0 Å². The Morgan fingerprint density at radius 2 is 1.67 bits per heavy atom. The van der Waals surface area contributed by atoms with Crippen molar-refractivity contribution in [1.82, 2.24) is 10.2 Å². The number of nitrogens with one attached hydrogen (secondary N) is 2. The Morgan fingerprint density at radius 3 is 2.33 bits per heavy atom. The number of benzene rings is 2. The fourth-order valence-corrected chi connectivity index (χ4v) is 4.92. The van der Waals surface area contributed by atoms with Crippen molar-refractivity contribution < 1.29 is 0 Å². The molecule has 2 atom stereocenters. The second kappa shape index (κ2) is 8.41. The maximum absolute atomic E-state index is 5.56. The minimum absolute atomic E-state index is 0.471. The topological polar surface area (TPSA) is 27.3 Å². The van der Waals surface area contributed by atoms with Gasteiger partial charge >= 0.3 is 0 Å². The first-order valence-electron chi connectivity index (χ1n) is 10.1. The zero-order valence-electron chi connectivity index (χ0n) is 16.0. The second-order valence-electron chi connectivity index (χ2n) is 8.03. The van der Waals surface area contributed by atoms with E-state index in [0.717, 1.165) is 17.3 Å². The van der Waals surface area contributed by atoms with Crippen LogP contribution in [0.3, 0.4) is 0 Å². The van der Waals surface area contributed by atoms with E-state index >= 15 is 0 Å². The largest absolute Gasteiger partial charge is 0.360 e. The zero-order chi connectivity index (χ0) is 18.6. The lowest BCUT2D eigenvalue weighted by atomic mass is 9.81. The molecule has 4 rings (SSSR count). The first-order valence-corrected chi connectivity index (χ1v) is 10.5. The van der Waals surface area contributed by atoms with Gasteiger partial charge in [0.1, 0.15) is 0 Å². The van der Waals surface area contributed by atoms with Crippen LogP contribution in [-0.4, -0.2) is 28.1 Å². The van der Waals surface area contributed by atoms with E-state index in [2.05, 4.69) is 46.7 Å². The minimum atomic E-state index is 0.471. The Hall–Kier alpha value is -1.91. The SMILES string of the molecule is Cc1ccc(CN2[C@@H]3CCC[C@@H]2CC(NC(=S)Nc2ccccc2)C3)cc1. The van der Waals surface area contributed by atoms with Crippen LogP contribution in [-0.2, 0) is 6.54 Å². The van der Waals surface area contributed by atoms with E-state index in [9.17, 15) is 0 Å². The summed E-state index contributed by atoms with van der Waals surface area (Å²) in [5.74, 6) is 0. The predicted molar refractivity (Wildman–Crippen MR) is 117 cm³/mol. The molecule has 0 aliphatic carbocycles. The number of piperidine rings is 2. The van der Waals surface area contributed by atoms with Gasteiger partial charge in [-0.1, -0.05) is 54.4 Å². The summed E-state index contributed by atoms with van der Waals surface area (Å²) in [6.07, 6.45) is 6.33. The number of anilines is 1. The summed E-state index contributed by atoms with van der Waals surface area (Å²) in [6.45, 7) is 3.23. The van der Waals surface area contributed by atoms with E-state index in [1.807, 2.05) is 30.3 Å². The molecule has 2 aromatic carbocycles. The third-order valence-electron chi connectivity index (χ3n) is 5.98. The number of fused-ring (bicyclic) bond motifs is 2. The highest BCUT2D eigenvalue weighted by Gasteiger charge is 2.38. The Balaban J connectivity index is 1.36. The van der Waals surface area contributed by atoms with E-state index in [0.29, 0.717) is 18.1 Å². The molecular weight excluding hydrogens is 350 g/mol. The summed E-state index contributed by atoms with van der Waals surface area (Å²) in [4.78, 5) is 2.75. The third-order valence-corrected chi connectivity index (χ3v) is 6.20. The number of rotatable bonds is 4. The van der Waals surface area contributed by atoms with Crippen LogP contribution in [0.15, 0.2) is 54.6 Å². The van der Waals surface area contributed by atoms with E-state index in [4.69, 9.17) is 12.2 Å². The molecule has 0 aromatic heterocycles. The summed E-state index contributed by atoms with van der Waals surface area (Å²) in [5, 5.41) is 7.65. The van der Waals surface area contributed by atoms with Crippen molar-refractivity contribution in [1.29, 1.82) is 0 Å². The van der Waals surface area contributed by atoms with E-state index in [1.54, 1.807) is 0 Å². The summed E-state index contributed by atoms with van der Waals surface area (Å²) in [6, 6.07) is 21.0. The van der Waals surface area contributed by atoms with Crippen molar-refractivity contribution in [2.75, 3.05) is 5.32 Å². The maximum atomic E-state index is 5.56. The van der Waals surface area contributed by atoms with Crippen molar-refractivity contribution in [2.45, 2.75) is 63.7 Å². The zero-order valence-corrected chi connectivity index (χ0v) is 16.8. The Morgan fingerprint density at radius 1 is 1.00 bits per heavy atom. The molecule has 142 valence electrons. The molecule has 2 N–H and O–H groups in total. The van der Waals surface area contributed by atoms with Crippen LogP contribution in [0, 0.1) is 6.92 Å². The number of thiocarbonyl (C=S) groups is 1. The third kappa shape index (κ3) is 4.69. The van der Waals surface area contributed by atoms with Gasteiger partial charge in [-0.3, -0.25) is 4.90 Å². The van der Waals surface area contributed by atoms with Crippen LogP contribution in [0.5, 0.6) is 0 Å². The molecule has 2 heterocycles. The van der Waals surface area contributed by atoms with Gasteiger partial charge in [0.25, 0.3) is 0 Å². The molecular formula is C23H29N3S. The second-order valence-corrected chi connectivity index (χ2v) is 8.44. The highest BCUT2D eigenvalue weighted by Crippen LogP contribution is 2.35. The van der Waals surface area contributed by atoms with Crippen LogP contribution in [0.2, 0.25) is 0 Å². The van der Waals surface area contributed by atoms with Crippen LogP contribution < -0.4 is 10.6 Å². The predicted octanol–water partition coefficient (Wildman–Crippen LogP) is 4.87. The molecule has 2 fully saturated rings. The molecule has 0 unspecified atom stereocenters. The van der Waals surface area contributed by atoms with Gasteiger partial charge in [0.05, 0.1) is 0 Å². The lowest BCUT2D eigenvalue weighted by molar-refractivity contribution is 0.0212. The van der Waals surface area contributed by atoms with Gasteiger partial charge in [-0.05, 0) is 62.5 Å². The molecule has 2 aliphatic heterocycles. The van der Waals surface area contributed by atoms with Gasteiger partial charge in [-0.2, -0.15) is 0 Å². The van der Waals surface area contributed by atoms with Gasteiger partial charge in [-0.15, -0.1) is 0 Å². The quantitative estimate of drug-likeness (QED) is 0.742. The van der Waals surface area contributed by atoms with Crippen LogP contribution in [0.25, 0.3) is 0 Å². The van der Waals surface area contributed by atoms with Gasteiger partial charge < -0.3 is 10.6 Å². The smallest absolute Gasteiger partial charge is 0.170 e. The molecule has 27 heavy (non-hydrogen) atoms. The van der Waals surface area contributed by atoms with Crippen molar-refractivity contribution in [3.8, 4) is 0 Å². The van der Waals surface area contributed by atoms with E-state index in [1.165, 1.54) is 43.2 Å². The van der Waals surface area contributed by atoms with Gasteiger partial charge in [0.15, 0.2) is 5.11 Å². The lowest BCUT2D eigenvalue weighted by Gasteiger charge is -2.49. The molecule has 0 radical (unpaired) electrons. The monoisotopic (exact) mass is 379 g/mol. The van der Waals surface area contributed by atoms with Crippen molar-refractivity contribution in [3.63, 3.8) is 0 Å². The molecule has 0 saturated carbocycles. The standard InChI is InChI=1S/C23H29N3S/c1-17-10-12-18(13-11-17)16-26-21-8-5-9-22(26)15-20(14-21)25-23(27)24-19-6-3-2-4-7-19/h2-4,6-7,10-13,20-22H,5,8-9,14-16H2,1H3,(H2,24,25,27)/t21-,22-/m1/s1. The average Bonchev–Trinajstić information content (AvgIpc) is 2.65. The number of aryl methyl sites for hydroxylation is 1. The van der Waals surface area contributed by atoms with Gasteiger partial charge in [0.2, 0.25) is 0 Å². The van der Waals surface area contributed by atoms with Crippen LogP contribution in [0.4, 0.5) is 5.69 Å². The molecule has 4 heteroatoms.